The topological polar surface area (TPSA) is 80.3 Å². The lowest BCUT2D eigenvalue weighted by Crippen LogP contribution is -2.67. The molecule has 242 valence electrons. The third-order valence-corrected chi connectivity index (χ3v) is 12.2. The van der Waals surface area contributed by atoms with Crippen molar-refractivity contribution in [2.45, 2.75) is 71.1 Å². The summed E-state index contributed by atoms with van der Waals surface area (Å²) in [7, 11) is -1.35. The van der Waals surface area contributed by atoms with Crippen LogP contribution in [0.3, 0.4) is 0 Å². The number of carbonyl (C=O) groups is 2. The van der Waals surface area contributed by atoms with Crippen LogP contribution in [0, 0.1) is 0 Å². The number of Topliss-reactive ketones (excluding diaryl/α,β-unsaturated/α-hetero) is 1. The molecule has 8 heteroatoms. The Hall–Kier alpha value is -3.72. The zero-order chi connectivity index (χ0) is 33.1. The van der Waals surface area contributed by atoms with Gasteiger partial charge in [0.25, 0.3) is 8.32 Å². The number of esters is 1. The quantitative estimate of drug-likeness (QED) is 0.104. The molecular weight excluding hydrogens is 584 g/mol. The minimum absolute atomic E-state index is 0.184. The van der Waals surface area contributed by atoms with Crippen LogP contribution in [0.25, 0.3) is 0 Å². The molecule has 3 aromatic carbocycles. The molecule has 0 aliphatic rings. The Morgan fingerprint density at radius 2 is 1.31 bits per heavy atom. The van der Waals surface area contributed by atoms with Crippen molar-refractivity contribution in [3.05, 3.63) is 97.1 Å². The first-order chi connectivity index (χ1) is 21.2. The zero-order valence-electron chi connectivity index (χ0n) is 27.8. The standard InChI is InChI=1S/C37H48O7Si/c1-28(26-42-30-21-19-29(40-8)20-22-30)23-24-41-34(25-35(39)44-36(2,3)4)33(38)27-43-45(37(5,6)7,31-15-11-9-12-16-31)32-17-13-10-14-18-32/h9-22,34H,1,23-27H2,2-8H3/t34-/m0/s1. The summed E-state index contributed by atoms with van der Waals surface area (Å²) in [5, 5.41) is 1.82. The molecule has 7 nitrogen and oxygen atoms in total. The highest BCUT2D eigenvalue weighted by Gasteiger charge is 2.50. The van der Waals surface area contributed by atoms with Gasteiger partial charge in [0.1, 0.15) is 29.8 Å². The first-order valence-corrected chi connectivity index (χ1v) is 17.2. The lowest BCUT2D eigenvalue weighted by atomic mass is 10.1. The summed E-state index contributed by atoms with van der Waals surface area (Å²) in [5.74, 6) is 0.618. The summed E-state index contributed by atoms with van der Waals surface area (Å²) in [6.07, 6.45) is -0.799. The van der Waals surface area contributed by atoms with Gasteiger partial charge in [0.2, 0.25) is 0 Å². The van der Waals surface area contributed by atoms with Gasteiger partial charge in [-0.1, -0.05) is 88.0 Å². The predicted molar refractivity (Wildman–Crippen MR) is 181 cm³/mol. The smallest absolute Gasteiger partial charge is 0.309 e. The Labute approximate surface area is 269 Å². The van der Waals surface area contributed by atoms with Crippen LogP contribution in [0.1, 0.15) is 54.4 Å². The van der Waals surface area contributed by atoms with Crippen LogP contribution in [0.5, 0.6) is 11.5 Å². The average Bonchev–Trinajstić information content (AvgIpc) is 2.99. The number of benzene rings is 3. The fourth-order valence-electron chi connectivity index (χ4n) is 5.11. The van der Waals surface area contributed by atoms with Crippen molar-refractivity contribution in [3.63, 3.8) is 0 Å². The van der Waals surface area contributed by atoms with Gasteiger partial charge in [0.15, 0.2) is 5.78 Å². The first-order valence-electron chi connectivity index (χ1n) is 15.3. The van der Waals surface area contributed by atoms with Gasteiger partial charge in [-0.25, -0.2) is 0 Å². The van der Waals surface area contributed by atoms with Crippen LogP contribution in [0.2, 0.25) is 5.04 Å². The molecule has 0 heterocycles. The maximum absolute atomic E-state index is 13.8. The fraction of sp³-hybridized carbons (Fsp3) is 0.405. The van der Waals surface area contributed by atoms with E-state index < -0.39 is 26.0 Å². The lowest BCUT2D eigenvalue weighted by Gasteiger charge is -2.43. The van der Waals surface area contributed by atoms with Gasteiger partial charge in [-0.2, -0.15) is 0 Å². The van der Waals surface area contributed by atoms with Crippen molar-refractivity contribution in [2.75, 3.05) is 26.9 Å². The van der Waals surface area contributed by atoms with Gasteiger partial charge >= 0.3 is 5.97 Å². The maximum atomic E-state index is 13.8. The van der Waals surface area contributed by atoms with Crippen molar-refractivity contribution >= 4 is 30.4 Å². The summed E-state index contributed by atoms with van der Waals surface area (Å²) in [4.78, 5) is 26.7. The molecule has 1 atom stereocenters. The number of ether oxygens (including phenoxy) is 4. The van der Waals surface area contributed by atoms with Crippen molar-refractivity contribution in [1.82, 2.24) is 0 Å². The lowest BCUT2D eigenvalue weighted by molar-refractivity contribution is -0.160. The second-order valence-corrected chi connectivity index (χ2v) is 17.3. The van der Waals surface area contributed by atoms with Gasteiger partial charge in [-0.3, -0.25) is 9.59 Å². The number of carbonyl (C=O) groups excluding carboxylic acids is 2. The first kappa shape index (κ1) is 35.8. The van der Waals surface area contributed by atoms with Crippen LogP contribution >= 0.6 is 0 Å². The molecule has 0 aromatic heterocycles. The van der Waals surface area contributed by atoms with Crippen LogP contribution in [0.4, 0.5) is 0 Å². The van der Waals surface area contributed by atoms with Gasteiger partial charge in [0.05, 0.1) is 26.7 Å². The Balaban J connectivity index is 1.75. The normalized spacial score (nSPS) is 12.7. The van der Waals surface area contributed by atoms with E-state index in [1.165, 1.54) is 0 Å². The Bertz CT molecular complexity index is 1330. The highest BCUT2D eigenvalue weighted by Crippen LogP contribution is 2.36. The molecule has 3 rings (SSSR count). The van der Waals surface area contributed by atoms with Crippen molar-refractivity contribution < 1.29 is 33.0 Å². The van der Waals surface area contributed by atoms with E-state index in [0.717, 1.165) is 21.7 Å². The summed E-state index contributed by atoms with van der Waals surface area (Å²) in [6.45, 7) is 16.2. The molecule has 0 N–H and O–H groups in total. The summed E-state index contributed by atoms with van der Waals surface area (Å²) < 4.78 is 29.4. The second-order valence-electron chi connectivity index (χ2n) is 13.0. The van der Waals surface area contributed by atoms with Crippen LogP contribution in [-0.2, 0) is 23.5 Å². The average molecular weight is 633 g/mol. The highest BCUT2D eigenvalue weighted by atomic mass is 28.4. The van der Waals surface area contributed by atoms with Gasteiger partial charge in [-0.15, -0.1) is 0 Å². The number of methoxy groups -OCH3 is 1. The van der Waals surface area contributed by atoms with Crippen LogP contribution in [-0.4, -0.2) is 58.7 Å². The molecule has 0 bridgehead atoms. The SMILES string of the molecule is C=C(CCO[C@@H](CC(=O)OC(C)(C)C)C(=O)CO[Si](c1ccccc1)(c1ccccc1)C(C)(C)C)COc1ccc(OC)cc1. The van der Waals surface area contributed by atoms with Crippen molar-refractivity contribution in [1.29, 1.82) is 0 Å². The molecular formula is C37H48O7Si. The number of hydrogen-bond donors (Lipinski definition) is 0. The van der Waals surface area contributed by atoms with E-state index in [2.05, 4.69) is 51.6 Å². The maximum Gasteiger partial charge on any atom is 0.309 e. The molecule has 0 spiro atoms. The van der Waals surface area contributed by atoms with Gasteiger partial charge in [-0.05, 0) is 72.4 Å². The van der Waals surface area contributed by atoms with Crippen molar-refractivity contribution in [3.8, 4) is 11.5 Å². The van der Waals surface area contributed by atoms with Crippen LogP contribution < -0.4 is 19.8 Å². The molecule has 0 aliphatic carbocycles. The van der Waals surface area contributed by atoms with Crippen LogP contribution in [0.15, 0.2) is 97.1 Å². The fourth-order valence-corrected chi connectivity index (χ4v) is 9.62. The molecule has 0 unspecified atom stereocenters. The zero-order valence-corrected chi connectivity index (χ0v) is 28.8. The Kier molecular flexibility index (Phi) is 12.7. The van der Waals surface area contributed by atoms with E-state index in [1.807, 2.05) is 60.7 Å². The second kappa shape index (κ2) is 16.0. The number of ketones is 1. The minimum atomic E-state index is -2.97. The molecule has 0 fully saturated rings. The van der Waals surface area contributed by atoms with E-state index in [-0.39, 0.29) is 37.1 Å². The molecule has 45 heavy (non-hydrogen) atoms. The molecule has 0 radical (unpaired) electrons. The molecule has 0 amide bonds. The predicted octanol–water partition coefficient (Wildman–Crippen LogP) is 6.28. The largest absolute Gasteiger partial charge is 0.497 e. The molecule has 0 aliphatic heterocycles. The van der Waals surface area contributed by atoms with Crippen molar-refractivity contribution in [2.24, 2.45) is 0 Å². The minimum Gasteiger partial charge on any atom is -0.497 e. The van der Waals surface area contributed by atoms with E-state index in [0.29, 0.717) is 12.2 Å². The third kappa shape index (κ3) is 10.4. The molecule has 0 saturated heterocycles. The van der Waals surface area contributed by atoms with E-state index in [1.54, 1.807) is 27.9 Å². The number of rotatable bonds is 16. The summed E-state index contributed by atoms with van der Waals surface area (Å²) in [6, 6.07) is 27.5. The Morgan fingerprint density at radius 3 is 1.80 bits per heavy atom. The summed E-state index contributed by atoms with van der Waals surface area (Å²) in [5.41, 5.74) is 0.0984. The monoisotopic (exact) mass is 632 g/mol. The van der Waals surface area contributed by atoms with E-state index >= 15 is 0 Å². The Morgan fingerprint density at radius 1 is 0.778 bits per heavy atom. The molecule has 3 aromatic rings. The van der Waals surface area contributed by atoms with E-state index in [9.17, 15) is 9.59 Å². The van der Waals surface area contributed by atoms with Gasteiger partial charge < -0.3 is 23.4 Å². The summed E-state index contributed by atoms with van der Waals surface area (Å²) >= 11 is 0. The van der Waals surface area contributed by atoms with E-state index in [4.69, 9.17) is 23.4 Å². The number of hydrogen-bond acceptors (Lipinski definition) is 7. The third-order valence-electron chi connectivity index (χ3n) is 7.26. The highest BCUT2D eigenvalue weighted by molar-refractivity contribution is 6.99. The van der Waals surface area contributed by atoms with Gasteiger partial charge in [0, 0.05) is 0 Å². The molecule has 0 saturated carbocycles.